The van der Waals surface area contributed by atoms with Crippen molar-refractivity contribution >= 4 is 5.91 Å². The first kappa shape index (κ1) is 15.4. The van der Waals surface area contributed by atoms with Crippen LogP contribution in [0.25, 0.3) is 0 Å². The van der Waals surface area contributed by atoms with Gasteiger partial charge in [-0.05, 0) is 38.6 Å². The minimum atomic E-state index is -0.362. The maximum Gasteiger partial charge on any atom is 0.220 e. The summed E-state index contributed by atoms with van der Waals surface area (Å²) in [7, 11) is 1.51. The van der Waals surface area contributed by atoms with Crippen LogP contribution >= 0.6 is 0 Å². The summed E-state index contributed by atoms with van der Waals surface area (Å²) >= 11 is 0. The molecule has 1 amide bonds. The number of carbonyl (C=O) groups is 1. The highest BCUT2D eigenvalue weighted by Gasteiger charge is 2.19. The van der Waals surface area contributed by atoms with Gasteiger partial charge in [-0.25, -0.2) is 4.39 Å². The zero-order chi connectivity index (χ0) is 14.4. The highest BCUT2D eigenvalue weighted by atomic mass is 19.1. The Balaban J connectivity index is 2.90. The van der Waals surface area contributed by atoms with Crippen molar-refractivity contribution in [1.82, 2.24) is 5.32 Å². The van der Waals surface area contributed by atoms with Crippen LogP contribution in [0.15, 0.2) is 18.2 Å². The minimum absolute atomic E-state index is 0.0697. The molecule has 1 unspecified atom stereocenters. The number of nitrogens with two attached hydrogens (primary N) is 1. The minimum Gasteiger partial charge on any atom is -0.496 e. The van der Waals surface area contributed by atoms with E-state index in [4.69, 9.17) is 10.5 Å². The van der Waals surface area contributed by atoms with Crippen LogP contribution in [0.4, 0.5) is 4.39 Å². The van der Waals surface area contributed by atoms with Crippen LogP contribution in [0.3, 0.4) is 0 Å². The van der Waals surface area contributed by atoms with Gasteiger partial charge in [-0.1, -0.05) is 0 Å². The summed E-state index contributed by atoms with van der Waals surface area (Å²) in [6, 6.07) is 4.32. The molecule has 5 heteroatoms. The molecule has 0 aliphatic heterocycles. The van der Waals surface area contributed by atoms with Gasteiger partial charge in [0.1, 0.15) is 11.6 Å². The number of nitrogens with one attached hydrogen (secondary N) is 1. The van der Waals surface area contributed by atoms with Crippen molar-refractivity contribution in [2.45, 2.75) is 32.2 Å². The molecule has 0 aromatic heterocycles. The number of amides is 1. The molecule has 3 N–H and O–H groups in total. The first-order valence-electron chi connectivity index (χ1n) is 6.30. The normalized spacial score (nSPS) is 12.3. The van der Waals surface area contributed by atoms with Crippen LogP contribution in [0.1, 0.15) is 31.7 Å². The summed E-state index contributed by atoms with van der Waals surface area (Å²) in [6.45, 7) is 4.03. The maximum absolute atomic E-state index is 13.3. The summed E-state index contributed by atoms with van der Waals surface area (Å²) in [5.41, 5.74) is 6.33. The summed E-state index contributed by atoms with van der Waals surface area (Å²) in [5, 5.41) is 2.80. The molecule has 0 spiro atoms. The van der Waals surface area contributed by atoms with E-state index in [0.29, 0.717) is 11.3 Å². The molecule has 0 fully saturated rings. The van der Waals surface area contributed by atoms with Gasteiger partial charge in [0.25, 0.3) is 0 Å². The Morgan fingerprint density at radius 1 is 1.47 bits per heavy atom. The lowest BCUT2D eigenvalue weighted by molar-refractivity contribution is -0.121. The molecule has 0 bridgehead atoms. The number of carbonyl (C=O) groups excluding carboxylic acids is 1. The van der Waals surface area contributed by atoms with E-state index >= 15 is 0 Å². The summed E-state index contributed by atoms with van der Waals surface area (Å²) in [4.78, 5) is 11.8. The molecule has 0 aliphatic rings. The number of hydrogen-bond acceptors (Lipinski definition) is 3. The van der Waals surface area contributed by atoms with Crippen molar-refractivity contribution < 1.29 is 13.9 Å². The van der Waals surface area contributed by atoms with Crippen molar-refractivity contribution in [2.75, 3.05) is 13.7 Å². The largest absolute Gasteiger partial charge is 0.496 e. The van der Waals surface area contributed by atoms with Crippen LogP contribution < -0.4 is 15.8 Å². The van der Waals surface area contributed by atoms with Crippen LogP contribution in [0.5, 0.6) is 5.75 Å². The van der Waals surface area contributed by atoms with E-state index in [0.717, 1.165) is 0 Å². The van der Waals surface area contributed by atoms with E-state index in [1.807, 2.05) is 13.8 Å². The Morgan fingerprint density at radius 3 is 2.68 bits per heavy atom. The lowest BCUT2D eigenvalue weighted by Crippen LogP contribution is -2.32. The van der Waals surface area contributed by atoms with Gasteiger partial charge < -0.3 is 15.8 Å². The molecule has 19 heavy (non-hydrogen) atoms. The topological polar surface area (TPSA) is 64.3 Å². The van der Waals surface area contributed by atoms with Crippen LogP contribution in [-0.2, 0) is 4.79 Å². The fourth-order valence-corrected chi connectivity index (χ4v) is 1.95. The third-order valence-corrected chi connectivity index (χ3v) is 2.80. The predicted molar refractivity (Wildman–Crippen MR) is 72.6 cm³/mol. The summed E-state index contributed by atoms with van der Waals surface area (Å²) in [5.74, 6) is -0.172. The highest BCUT2D eigenvalue weighted by Crippen LogP contribution is 2.29. The van der Waals surface area contributed by atoms with Gasteiger partial charge in [-0.15, -0.1) is 0 Å². The molecule has 0 aliphatic carbocycles. The molecule has 1 atom stereocenters. The molecule has 0 heterocycles. The first-order valence-corrected chi connectivity index (χ1v) is 6.30. The molecule has 0 saturated heterocycles. The molecular formula is C14H21FN2O2. The average Bonchev–Trinajstić information content (AvgIpc) is 2.35. The molecule has 0 saturated carbocycles. The number of halogens is 1. The van der Waals surface area contributed by atoms with E-state index in [9.17, 15) is 9.18 Å². The fourth-order valence-electron chi connectivity index (χ4n) is 1.95. The van der Waals surface area contributed by atoms with Gasteiger partial charge in [-0.3, -0.25) is 4.79 Å². The van der Waals surface area contributed by atoms with Crippen molar-refractivity contribution in [1.29, 1.82) is 0 Å². The van der Waals surface area contributed by atoms with Gasteiger partial charge in [0.05, 0.1) is 7.11 Å². The average molecular weight is 268 g/mol. The molecule has 0 radical (unpaired) electrons. The van der Waals surface area contributed by atoms with Gasteiger partial charge >= 0.3 is 0 Å². The second-order valence-electron chi connectivity index (χ2n) is 4.75. The van der Waals surface area contributed by atoms with Crippen LogP contribution in [0, 0.1) is 5.82 Å². The second kappa shape index (κ2) is 7.09. The molecular weight excluding hydrogens is 247 g/mol. The van der Waals surface area contributed by atoms with Gasteiger partial charge in [-0.2, -0.15) is 0 Å². The monoisotopic (exact) mass is 268 g/mol. The smallest absolute Gasteiger partial charge is 0.220 e. The van der Waals surface area contributed by atoms with Gasteiger partial charge in [0.2, 0.25) is 5.91 Å². The van der Waals surface area contributed by atoms with E-state index in [-0.39, 0.29) is 36.6 Å². The predicted octanol–water partition coefficient (Wildman–Crippen LogP) is 1.79. The molecule has 1 aromatic rings. The van der Waals surface area contributed by atoms with E-state index in [1.165, 1.54) is 19.2 Å². The SMILES string of the molecule is COc1ccc(F)cc1C(CN)CC(=O)NC(C)C. The lowest BCUT2D eigenvalue weighted by atomic mass is 9.94. The number of hydrogen-bond donors (Lipinski definition) is 2. The second-order valence-corrected chi connectivity index (χ2v) is 4.75. The molecule has 106 valence electrons. The van der Waals surface area contributed by atoms with Gasteiger partial charge in [0.15, 0.2) is 0 Å². The molecule has 4 nitrogen and oxygen atoms in total. The van der Waals surface area contributed by atoms with E-state index < -0.39 is 0 Å². The van der Waals surface area contributed by atoms with Gasteiger partial charge in [0, 0.05) is 23.9 Å². The Labute approximate surface area is 113 Å². The number of benzene rings is 1. The quantitative estimate of drug-likeness (QED) is 0.826. The highest BCUT2D eigenvalue weighted by molar-refractivity contribution is 5.77. The zero-order valence-electron chi connectivity index (χ0n) is 11.6. The number of rotatable bonds is 6. The van der Waals surface area contributed by atoms with Crippen molar-refractivity contribution in [2.24, 2.45) is 5.73 Å². The van der Waals surface area contributed by atoms with Crippen molar-refractivity contribution in [3.63, 3.8) is 0 Å². The van der Waals surface area contributed by atoms with Crippen LogP contribution in [-0.4, -0.2) is 25.6 Å². The third-order valence-electron chi connectivity index (χ3n) is 2.80. The number of methoxy groups -OCH3 is 1. The van der Waals surface area contributed by atoms with Crippen LogP contribution in [0.2, 0.25) is 0 Å². The summed E-state index contributed by atoms with van der Waals surface area (Å²) < 4.78 is 18.5. The first-order chi connectivity index (χ1) is 8.97. The lowest BCUT2D eigenvalue weighted by Gasteiger charge is -2.19. The Morgan fingerprint density at radius 2 is 2.16 bits per heavy atom. The van der Waals surface area contributed by atoms with E-state index in [1.54, 1.807) is 6.07 Å². The summed E-state index contributed by atoms with van der Waals surface area (Å²) in [6.07, 6.45) is 0.217. The fraction of sp³-hybridized carbons (Fsp3) is 0.500. The zero-order valence-corrected chi connectivity index (χ0v) is 11.6. The standard InChI is InChI=1S/C14H21FN2O2/c1-9(2)17-14(18)6-10(8-16)12-7-11(15)4-5-13(12)19-3/h4-5,7,9-10H,6,8,16H2,1-3H3,(H,17,18). The third kappa shape index (κ3) is 4.52. The molecule has 1 aromatic carbocycles. The number of ether oxygens (including phenoxy) is 1. The van der Waals surface area contributed by atoms with Crippen molar-refractivity contribution in [3.8, 4) is 5.75 Å². The van der Waals surface area contributed by atoms with Crippen molar-refractivity contribution in [3.05, 3.63) is 29.6 Å². The van der Waals surface area contributed by atoms with E-state index in [2.05, 4.69) is 5.32 Å². The Kier molecular flexibility index (Phi) is 5.76. The maximum atomic E-state index is 13.3. The molecule has 1 rings (SSSR count). The Hall–Kier alpha value is -1.62. The Bertz CT molecular complexity index is 435.